The van der Waals surface area contributed by atoms with Crippen molar-refractivity contribution in [3.05, 3.63) is 109 Å². The summed E-state index contributed by atoms with van der Waals surface area (Å²) in [5.41, 5.74) is 7.82. The molecule has 0 aliphatic carbocycles. The summed E-state index contributed by atoms with van der Waals surface area (Å²) >= 11 is 1.74. The summed E-state index contributed by atoms with van der Waals surface area (Å²) in [6.45, 7) is 2.12. The molecule has 0 aliphatic rings. The maximum atomic E-state index is 5.43. The zero-order chi connectivity index (χ0) is 23.1. The Labute approximate surface area is 202 Å². The number of aromatic nitrogens is 3. The molecule has 0 aliphatic heterocycles. The van der Waals surface area contributed by atoms with E-state index in [-0.39, 0.29) is 0 Å². The van der Waals surface area contributed by atoms with Gasteiger partial charge in [0, 0.05) is 21.6 Å². The van der Waals surface area contributed by atoms with Crippen molar-refractivity contribution in [2.45, 2.75) is 16.8 Å². The lowest BCUT2D eigenvalue weighted by molar-refractivity contribution is -0.708. The van der Waals surface area contributed by atoms with Gasteiger partial charge in [-0.3, -0.25) is 0 Å². The Hall–Kier alpha value is -3.96. The molecule has 2 heterocycles. The molecule has 5 heteroatoms. The van der Waals surface area contributed by atoms with Gasteiger partial charge in [-0.15, -0.1) is 4.63 Å². The van der Waals surface area contributed by atoms with E-state index in [0.717, 1.165) is 44.2 Å². The standard InChI is InChI=1S/C29H23N3OS/c1-20-12-14-21(15-13-20)27-28(22-16-18-23(33-2)19-17-22)31-26-11-7-6-10-25(26)30-32(31)29(27)34-24-8-4-3-5-9-24/h3-19H,1-2H3. The van der Waals surface area contributed by atoms with E-state index in [0.29, 0.717) is 0 Å². The van der Waals surface area contributed by atoms with Gasteiger partial charge in [0.25, 0.3) is 5.03 Å². The van der Waals surface area contributed by atoms with E-state index >= 15 is 0 Å². The average Bonchev–Trinajstić information content (AvgIpc) is 3.40. The Bertz CT molecular complexity index is 1600. The molecule has 0 spiro atoms. The fraction of sp³-hybridized carbons (Fsp3) is 0.0690. The second kappa shape index (κ2) is 8.43. The molecule has 2 aromatic heterocycles. The minimum atomic E-state index is 0.838. The zero-order valence-electron chi connectivity index (χ0n) is 19.0. The fourth-order valence-corrected chi connectivity index (χ4v) is 5.36. The van der Waals surface area contributed by atoms with Crippen LogP contribution in [0.5, 0.6) is 5.75 Å². The van der Waals surface area contributed by atoms with Crippen LogP contribution in [0.3, 0.4) is 0 Å². The van der Waals surface area contributed by atoms with E-state index in [9.17, 15) is 0 Å². The van der Waals surface area contributed by atoms with Crippen molar-refractivity contribution in [2.24, 2.45) is 0 Å². The molecule has 0 fully saturated rings. The first-order valence-electron chi connectivity index (χ1n) is 11.2. The molecule has 4 aromatic carbocycles. The first-order chi connectivity index (χ1) is 16.7. The molecule has 34 heavy (non-hydrogen) atoms. The van der Waals surface area contributed by atoms with Crippen LogP contribution in [0.25, 0.3) is 33.4 Å². The number of methoxy groups -OCH3 is 1. The smallest absolute Gasteiger partial charge is 0.273 e. The highest BCUT2D eigenvalue weighted by molar-refractivity contribution is 7.99. The molecule has 166 valence electrons. The van der Waals surface area contributed by atoms with Gasteiger partial charge in [0.2, 0.25) is 0 Å². The molecule has 4 nitrogen and oxygen atoms in total. The Balaban J connectivity index is 1.73. The van der Waals surface area contributed by atoms with Crippen LogP contribution < -0.4 is 14.5 Å². The number of aryl methyl sites for hydroxylation is 1. The number of para-hydroxylation sites is 1. The summed E-state index contributed by atoms with van der Waals surface area (Å²) < 4.78 is 9.72. The predicted octanol–water partition coefficient (Wildman–Crippen LogP) is 6.44. The molecule has 0 saturated heterocycles. The Morgan fingerprint density at radius 1 is 0.765 bits per heavy atom. The van der Waals surface area contributed by atoms with Crippen molar-refractivity contribution < 1.29 is 9.37 Å². The van der Waals surface area contributed by atoms with E-state index in [1.807, 2.05) is 24.3 Å². The van der Waals surface area contributed by atoms with Crippen molar-refractivity contribution in [3.63, 3.8) is 0 Å². The van der Waals surface area contributed by atoms with Crippen LogP contribution in [0, 0.1) is 6.92 Å². The topological polar surface area (TPSA) is 31.8 Å². The van der Waals surface area contributed by atoms with E-state index in [2.05, 4.69) is 94.9 Å². The van der Waals surface area contributed by atoms with Crippen molar-refractivity contribution in [1.82, 2.24) is 9.61 Å². The highest BCUT2D eigenvalue weighted by atomic mass is 32.2. The van der Waals surface area contributed by atoms with Gasteiger partial charge >= 0.3 is 0 Å². The monoisotopic (exact) mass is 461 g/mol. The number of nitrogens with zero attached hydrogens (tertiary/aromatic N) is 3. The second-order valence-corrected chi connectivity index (χ2v) is 9.29. The van der Waals surface area contributed by atoms with Crippen LogP contribution in [0.1, 0.15) is 5.56 Å². The maximum Gasteiger partial charge on any atom is 0.273 e. The van der Waals surface area contributed by atoms with Crippen LogP contribution in [0.2, 0.25) is 0 Å². The van der Waals surface area contributed by atoms with E-state index in [1.54, 1.807) is 18.9 Å². The lowest BCUT2D eigenvalue weighted by Crippen LogP contribution is -2.32. The maximum absolute atomic E-state index is 5.43. The van der Waals surface area contributed by atoms with Crippen LogP contribution >= 0.6 is 11.8 Å². The number of benzene rings is 4. The number of hydrogen-bond acceptors (Lipinski definition) is 2. The van der Waals surface area contributed by atoms with Crippen molar-refractivity contribution >= 4 is 22.8 Å². The predicted molar refractivity (Wildman–Crippen MR) is 137 cm³/mol. The fourth-order valence-electron chi connectivity index (χ4n) is 4.32. The third kappa shape index (κ3) is 3.45. The lowest BCUT2D eigenvalue weighted by atomic mass is 10.0. The molecule has 0 unspecified atom stereocenters. The number of ether oxygens (including phenoxy) is 1. The highest BCUT2D eigenvalue weighted by Gasteiger charge is 2.27. The SMILES string of the molecule is COc1ccc(-c2c(-c3ccc(C)cc3)c(Sc3ccccc3)[n+]3[n-]c4ccccc4n23)cc1. The quantitative estimate of drug-likeness (QED) is 0.277. The van der Waals surface area contributed by atoms with Crippen molar-refractivity contribution in [1.29, 1.82) is 0 Å². The molecule has 0 radical (unpaired) electrons. The Morgan fingerprint density at radius 3 is 2.18 bits per heavy atom. The molecule has 0 saturated carbocycles. The van der Waals surface area contributed by atoms with Gasteiger partial charge in [0.15, 0.2) is 0 Å². The van der Waals surface area contributed by atoms with Gasteiger partial charge in [0.1, 0.15) is 5.75 Å². The third-order valence-electron chi connectivity index (χ3n) is 6.01. The van der Waals surface area contributed by atoms with Crippen molar-refractivity contribution in [2.75, 3.05) is 7.11 Å². The molecule has 6 rings (SSSR count). The summed E-state index contributed by atoms with van der Waals surface area (Å²) in [5.74, 6) is 0.838. The zero-order valence-corrected chi connectivity index (χ0v) is 19.8. The summed E-state index contributed by atoms with van der Waals surface area (Å²) in [6, 6.07) is 35.8. The van der Waals surface area contributed by atoms with E-state index in [4.69, 9.17) is 9.84 Å². The van der Waals surface area contributed by atoms with Crippen LogP contribution in [0.4, 0.5) is 0 Å². The van der Waals surface area contributed by atoms with Crippen LogP contribution in [0.15, 0.2) is 113 Å². The molecule has 0 amide bonds. The van der Waals surface area contributed by atoms with Gasteiger partial charge in [0.05, 0.1) is 12.7 Å². The molecular formula is C29H23N3OS. The summed E-state index contributed by atoms with van der Waals surface area (Å²) in [5, 5.41) is 6.11. The van der Waals surface area contributed by atoms with E-state index < -0.39 is 0 Å². The number of hydrogen-bond donors (Lipinski definition) is 0. The second-order valence-electron chi connectivity index (χ2n) is 8.23. The minimum Gasteiger partial charge on any atom is -0.497 e. The first kappa shape index (κ1) is 20.6. The molecule has 0 bridgehead atoms. The minimum absolute atomic E-state index is 0.838. The van der Waals surface area contributed by atoms with Gasteiger partial charge in [-0.1, -0.05) is 84.4 Å². The summed E-state index contributed by atoms with van der Waals surface area (Å²) in [4.78, 5) is 1.17. The van der Waals surface area contributed by atoms with Gasteiger partial charge in [-0.05, 0) is 54.1 Å². The lowest BCUT2D eigenvalue weighted by Gasteiger charge is -2.09. The number of rotatable bonds is 5. The largest absolute Gasteiger partial charge is 0.497 e. The Kier molecular flexibility index (Phi) is 5.12. The number of fused-ring (bicyclic) bond motifs is 3. The molecule has 0 atom stereocenters. The van der Waals surface area contributed by atoms with E-state index in [1.165, 1.54) is 10.5 Å². The normalized spacial score (nSPS) is 11.4. The molecule has 6 aromatic rings. The highest BCUT2D eigenvalue weighted by Crippen LogP contribution is 2.41. The Morgan fingerprint density at radius 2 is 1.44 bits per heavy atom. The summed E-state index contributed by atoms with van der Waals surface area (Å²) in [7, 11) is 1.70. The first-order valence-corrected chi connectivity index (χ1v) is 12.0. The van der Waals surface area contributed by atoms with Gasteiger partial charge in [-0.2, -0.15) is 5.10 Å². The molecular weight excluding hydrogens is 438 g/mol. The molecule has 0 N–H and O–H groups in total. The van der Waals surface area contributed by atoms with Crippen LogP contribution in [-0.2, 0) is 0 Å². The summed E-state index contributed by atoms with van der Waals surface area (Å²) in [6.07, 6.45) is 0. The third-order valence-corrected chi connectivity index (χ3v) is 7.08. The van der Waals surface area contributed by atoms with Gasteiger partial charge < -0.3 is 4.74 Å². The average molecular weight is 462 g/mol. The van der Waals surface area contributed by atoms with Gasteiger partial charge in [-0.25, -0.2) is 4.52 Å². The van der Waals surface area contributed by atoms with Crippen LogP contribution in [-0.4, -0.2) is 11.6 Å². The van der Waals surface area contributed by atoms with Crippen molar-refractivity contribution in [3.8, 4) is 28.1 Å².